The Morgan fingerprint density at radius 3 is 2.47 bits per heavy atom. The Morgan fingerprint density at radius 1 is 1.05 bits per heavy atom. The average molecular weight is 276 g/mol. The van der Waals surface area contributed by atoms with Gasteiger partial charge in [0, 0.05) is 23.2 Å². The summed E-state index contributed by atoms with van der Waals surface area (Å²) in [5.74, 6) is 1.61. The lowest BCUT2D eigenvalue weighted by atomic mass is 10.2. The summed E-state index contributed by atoms with van der Waals surface area (Å²) in [7, 11) is 0. The molecule has 2 aromatic carbocycles. The Kier molecular flexibility index (Phi) is 4.83. The Balaban J connectivity index is 2.22. The molecule has 0 atom stereocenters. The maximum Gasteiger partial charge on any atom is 0.133 e. The molecular weight excluding hydrogens is 258 g/mol. The van der Waals surface area contributed by atoms with Crippen LogP contribution in [0.2, 0.25) is 5.02 Å². The second-order valence-corrected chi connectivity index (χ2v) is 5.07. The molecule has 0 amide bonds. The number of benzene rings is 2. The van der Waals surface area contributed by atoms with Gasteiger partial charge in [-0.2, -0.15) is 0 Å². The summed E-state index contributed by atoms with van der Waals surface area (Å²) in [6, 6.07) is 15.9. The normalized spacial score (nSPS) is 10.7. The first-order valence-electron chi connectivity index (χ1n) is 6.40. The number of hydrogen-bond donors (Lipinski definition) is 1. The SMILES string of the molecule is CC(C)NCc1c(Cl)cccc1Oc1ccccc1. The predicted molar refractivity (Wildman–Crippen MR) is 79.9 cm³/mol. The van der Waals surface area contributed by atoms with Gasteiger partial charge in [0.15, 0.2) is 0 Å². The quantitative estimate of drug-likeness (QED) is 0.859. The van der Waals surface area contributed by atoms with Crippen molar-refractivity contribution in [3.8, 4) is 11.5 Å². The van der Waals surface area contributed by atoms with Crippen molar-refractivity contribution in [1.29, 1.82) is 0 Å². The van der Waals surface area contributed by atoms with Crippen LogP contribution in [0.4, 0.5) is 0 Å². The highest BCUT2D eigenvalue weighted by Crippen LogP contribution is 2.30. The van der Waals surface area contributed by atoms with E-state index in [-0.39, 0.29) is 0 Å². The molecule has 0 aromatic heterocycles. The van der Waals surface area contributed by atoms with Crippen LogP contribution >= 0.6 is 11.6 Å². The lowest BCUT2D eigenvalue weighted by molar-refractivity contribution is 0.469. The van der Waals surface area contributed by atoms with Crippen LogP contribution in [0.1, 0.15) is 19.4 Å². The van der Waals surface area contributed by atoms with Crippen molar-refractivity contribution in [3.05, 3.63) is 59.1 Å². The average Bonchev–Trinajstić information content (AvgIpc) is 2.39. The molecule has 0 radical (unpaired) electrons. The second kappa shape index (κ2) is 6.60. The summed E-state index contributed by atoms with van der Waals surface area (Å²) in [5.41, 5.74) is 0.988. The largest absolute Gasteiger partial charge is 0.457 e. The maximum absolute atomic E-state index is 6.26. The van der Waals surface area contributed by atoms with Gasteiger partial charge in [-0.05, 0) is 24.3 Å². The molecule has 0 heterocycles. The summed E-state index contributed by atoms with van der Waals surface area (Å²) in [5, 5.41) is 4.09. The van der Waals surface area contributed by atoms with Gasteiger partial charge >= 0.3 is 0 Å². The van der Waals surface area contributed by atoms with E-state index in [1.54, 1.807) is 0 Å². The van der Waals surface area contributed by atoms with Crippen molar-refractivity contribution in [1.82, 2.24) is 5.32 Å². The molecule has 0 aliphatic rings. The predicted octanol–water partition coefficient (Wildman–Crippen LogP) is 4.63. The summed E-state index contributed by atoms with van der Waals surface area (Å²) in [6.45, 7) is 4.91. The van der Waals surface area contributed by atoms with Crippen LogP contribution in [0.3, 0.4) is 0 Å². The molecule has 0 saturated carbocycles. The zero-order valence-corrected chi connectivity index (χ0v) is 11.9. The molecule has 2 rings (SSSR count). The number of rotatable bonds is 5. The third-order valence-corrected chi connectivity index (χ3v) is 3.09. The van der Waals surface area contributed by atoms with Gasteiger partial charge in [0.25, 0.3) is 0 Å². The molecular formula is C16H18ClNO. The smallest absolute Gasteiger partial charge is 0.133 e. The van der Waals surface area contributed by atoms with E-state index in [0.29, 0.717) is 12.6 Å². The summed E-state index contributed by atoms with van der Waals surface area (Å²) >= 11 is 6.26. The molecule has 3 heteroatoms. The monoisotopic (exact) mass is 275 g/mol. The molecule has 0 unspecified atom stereocenters. The Hall–Kier alpha value is -1.51. The van der Waals surface area contributed by atoms with Gasteiger partial charge in [-0.3, -0.25) is 0 Å². The van der Waals surface area contributed by atoms with E-state index in [0.717, 1.165) is 22.1 Å². The fourth-order valence-corrected chi connectivity index (χ4v) is 1.96. The van der Waals surface area contributed by atoms with Gasteiger partial charge < -0.3 is 10.1 Å². The van der Waals surface area contributed by atoms with Gasteiger partial charge in [-0.15, -0.1) is 0 Å². The Morgan fingerprint density at radius 2 is 1.79 bits per heavy atom. The van der Waals surface area contributed by atoms with Crippen LogP contribution in [0, 0.1) is 0 Å². The van der Waals surface area contributed by atoms with Crippen molar-refractivity contribution in [2.24, 2.45) is 0 Å². The Bertz CT molecular complexity index is 526. The zero-order valence-electron chi connectivity index (χ0n) is 11.2. The molecule has 0 fully saturated rings. The van der Waals surface area contributed by atoms with Gasteiger partial charge in [-0.1, -0.05) is 49.7 Å². The minimum Gasteiger partial charge on any atom is -0.457 e. The van der Waals surface area contributed by atoms with Crippen molar-refractivity contribution < 1.29 is 4.74 Å². The second-order valence-electron chi connectivity index (χ2n) is 4.67. The van der Waals surface area contributed by atoms with E-state index in [1.807, 2.05) is 48.5 Å². The van der Waals surface area contributed by atoms with E-state index in [9.17, 15) is 0 Å². The number of hydrogen-bond acceptors (Lipinski definition) is 2. The lowest BCUT2D eigenvalue weighted by Crippen LogP contribution is -2.22. The fourth-order valence-electron chi connectivity index (χ4n) is 1.73. The highest BCUT2D eigenvalue weighted by Gasteiger charge is 2.09. The first-order chi connectivity index (χ1) is 9.16. The van der Waals surface area contributed by atoms with E-state index < -0.39 is 0 Å². The van der Waals surface area contributed by atoms with Gasteiger partial charge in [0.05, 0.1) is 0 Å². The summed E-state index contributed by atoms with van der Waals surface area (Å²) in [6.07, 6.45) is 0. The highest BCUT2D eigenvalue weighted by atomic mass is 35.5. The van der Waals surface area contributed by atoms with Crippen LogP contribution in [0.15, 0.2) is 48.5 Å². The van der Waals surface area contributed by atoms with E-state index in [2.05, 4.69) is 19.2 Å². The Labute approximate surface area is 119 Å². The number of halogens is 1. The zero-order chi connectivity index (χ0) is 13.7. The summed E-state index contributed by atoms with van der Waals surface area (Å²) < 4.78 is 5.90. The van der Waals surface area contributed by atoms with Gasteiger partial charge in [-0.25, -0.2) is 0 Å². The third kappa shape index (κ3) is 3.98. The van der Waals surface area contributed by atoms with Crippen LogP contribution in [0.5, 0.6) is 11.5 Å². The molecule has 100 valence electrons. The third-order valence-electron chi connectivity index (χ3n) is 2.73. The van der Waals surface area contributed by atoms with E-state index in [4.69, 9.17) is 16.3 Å². The summed E-state index contributed by atoms with van der Waals surface area (Å²) in [4.78, 5) is 0. The van der Waals surface area contributed by atoms with E-state index in [1.165, 1.54) is 0 Å². The van der Waals surface area contributed by atoms with Gasteiger partial charge in [0.1, 0.15) is 11.5 Å². The molecule has 0 aliphatic carbocycles. The maximum atomic E-state index is 6.26. The lowest BCUT2D eigenvalue weighted by Gasteiger charge is -2.14. The minimum absolute atomic E-state index is 0.404. The van der Waals surface area contributed by atoms with Crippen LogP contribution in [-0.2, 0) is 6.54 Å². The molecule has 19 heavy (non-hydrogen) atoms. The molecule has 2 aromatic rings. The molecule has 0 aliphatic heterocycles. The molecule has 1 N–H and O–H groups in total. The van der Waals surface area contributed by atoms with Crippen LogP contribution in [0.25, 0.3) is 0 Å². The van der Waals surface area contributed by atoms with Crippen LogP contribution < -0.4 is 10.1 Å². The molecule has 0 saturated heterocycles. The molecule has 2 nitrogen and oxygen atoms in total. The van der Waals surface area contributed by atoms with Crippen molar-refractivity contribution in [2.75, 3.05) is 0 Å². The first-order valence-corrected chi connectivity index (χ1v) is 6.78. The standard InChI is InChI=1S/C16H18ClNO/c1-12(2)18-11-14-15(17)9-6-10-16(14)19-13-7-4-3-5-8-13/h3-10,12,18H,11H2,1-2H3. The molecule has 0 spiro atoms. The molecule has 0 bridgehead atoms. The fraction of sp³-hybridized carbons (Fsp3) is 0.250. The van der Waals surface area contributed by atoms with Crippen molar-refractivity contribution in [3.63, 3.8) is 0 Å². The van der Waals surface area contributed by atoms with Crippen molar-refractivity contribution in [2.45, 2.75) is 26.4 Å². The number of ether oxygens (including phenoxy) is 1. The topological polar surface area (TPSA) is 21.3 Å². The van der Waals surface area contributed by atoms with Crippen molar-refractivity contribution >= 4 is 11.6 Å². The first kappa shape index (κ1) is 13.9. The van der Waals surface area contributed by atoms with Crippen LogP contribution in [-0.4, -0.2) is 6.04 Å². The van der Waals surface area contributed by atoms with E-state index >= 15 is 0 Å². The minimum atomic E-state index is 0.404. The number of nitrogens with one attached hydrogen (secondary N) is 1. The highest BCUT2D eigenvalue weighted by molar-refractivity contribution is 6.31. The number of para-hydroxylation sites is 1. The van der Waals surface area contributed by atoms with Gasteiger partial charge in [0.2, 0.25) is 0 Å².